The van der Waals surface area contributed by atoms with Crippen molar-refractivity contribution < 1.29 is 52.4 Å². The fraction of sp³-hybridized carbons (Fsp3) is 0.110. The maximum absolute atomic E-state index is 12.6. The Labute approximate surface area is 586 Å². The topological polar surface area (TPSA) is 508 Å². The highest BCUT2D eigenvalue weighted by Gasteiger charge is 2.40. The molecule has 0 atom stereocenters. The minimum absolute atomic E-state index is 0.0216. The zero-order chi connectivity index (χ0) is 74.7. The average molecular weight is 1370 g/mol. The molecule has 5 aliphatic rings. The van der Waals surface area contributed by atoms with Crippen LogP contribution in [0, 0.1) is 127 Å². The van der Waals surface area contributed by atoms with Gasteiger partial charge in [-0.05, 0) is 61.9 Å². The Morgan fingerprint density at radius 2 is 0.567 bits per heavy atom. The van der Waals surface area contributed by atoms with Gasteiger partial charge in [-0.15, -0.1) is 0 Å². The molecule has 5 aromatic carbocycles. The third kappa shape index (κ3) is 11.3. The van der Waals surface area contributed by atoms with Crippen molar-refractivity contribution >= 4 is 28.9 Å². The molecule has 494 valence electrons. The fourth-order valence-corrected chi connectivity index (χ4v) is 11.5. The predicted octanol–water partition coefficient (Wildman–Crippen LogP) is 7.83. The van der Waals surface area contributed by atoms with Gasteiger partial charge in [0.15, 0.2) is 79.9 Å². The molecule has 10 aromatic rings. The Balaban J connectivity index is 0.000000130. The van der Waals surface area contributed by atoms with Crippen LogP contribution in [-0.2, 0) is 0 Å². The highest BCUT2D eigenvalue weighted by atomic mass is 16.5. The van der Waals surface area contributed by atoms with Crippen LogP contribution >= 0.6 is 0 Å². The summed E-state index contributed by atoms with van der Waals surface area (Å²) in [5.41, 5.74) is 7.34. The van der Waals surface area contributed by atoms with E-state index in [1.807, 2.05) is 68.5 Å². The van der Waals surface area contributed by atoms with E-state index in [0.29, 0.717) is 84.6 Å². The van der Waals surface area contributed by atoms with E-state index in [2.05, 4.69) is 49.8 Å². The van der Waals surface area contributed by atoms with Crippen LogP contribution in [0.4, 0.5) is 0 Å². The standard InChI is InChI=1S/3C15H8N4O3.2C14H6N4O/c1-21-11-3-7-8(4-12(11)22-2)15(20)14-13(7)18-9(5-16)10(6-17)19-14;1-21-9-3-4-10(22-2)12-11(9)13-14(15(12)20)19-8(6-17)7(5-16)18-13;1-21-10-4-3-7-11(15(10)22-2)14(20)13-12(7)18-8(5-16)9(6-17)19-13;1-7-2-3-8-9(4-7)12-13(14(8)19)18-11(6-16)10(5-15)17-12;1-7-3-2-4-8-11(7)14(19)13-12(8)17-9(5-15)10(6-16)18-13/h3*3-4H,1-2H3;2*2-4H,1H3. The number of nitriles is 10. The second-order valence-electron chi connectivity index (χ2n) is 21.6. The van der Waals surface area contributed by atoms with Crippen LogP contribution in [0.15, 0.2) is 72.8 Å². The van der Waals surface area contributed by atoms with Crippen molar-refractivity contribution in [1.82, 2.24) is 49.8 Å². The minimum atomic E-state index is -0.408. The molecular weight excluding hydrogens is 1330 g/mol. The number of ketones is 5. The lowest BCUT2D eigenvalue weighted by Gasteiger charge is -2.10. The number of rotatable bonds is 6. The highest BCUT2D eigenvalue weighted by Crippen LogP contribution is 2.47. The summed E-state index contributed by atoms with van der Waals surface area (Å²) in [6, 6.07) is 38.5. The summed E-state index contributed by atoms with van der Waals surface area (Å²) in [4.78, 5) is 102. The Kier molecular flexibility index (Phi) is 18.5. The molecule has 0 spiro atoms. The predicted molar refractivity (Wildman–Crippen MR) is 350 cm³/mol. The molecular formula is C73H36N20O11. The Hall–Kier alpha value is -16.5. The van der Waals surface area contributed by atoms with Crippen LogP contribution in [0.5, 0.6) is 34.5 Å². The van der Waals surface area contributed by atoms with Crippen molar-refractivity contribution in [2.75, 3.05) is 42.7 Å². The van der Waals surface area contributed by atoms with Gasteiger partial charge in [-0.25, -0.2) is 49.8 Å². The van der Waals surface area contributed by atoms with Crippen molar-refractivity contribution in [3.05, 3.63) is 197 Å². The van der Waals surface area contributed by atoms with Crippen LogP contribution in [0.3, 0.4) is 0 Å². The average Bonchev–Trinajstić information content (AvgIpc) is 1.61. The van der Waals surface area contributed by atoms with Gasteiger partial charge >= 0.3 is 0 Å². The van der Waals surface area contributed by atoms with E-state index in [1.54, 1.807) is 72.8 Å². The van der Waals surface area contributed by atoms with Gasteiger partial charge in [0.05, 0.1) is 59.3 Å². The molecule has 0 N–H and O–H groups in total. The van der Waals surface area contributed by atoms with E-state index in [1.165, 1.54) is 48.7 Å². The molecule has 15 rings (SSSR count). The third-order valence-corrected chi connectivity index (χ3v) is 16.1. The van der Waals surface area contributed by atoms with Gasteiger partial charge in [0.25, 0.3) is 0 Å². The fourth-order valence-electron chi connectivity index (χ4n) is 11.5. The summed E-state index contributed by atoms with van der Waals surface area (Å²) in [6.07, 6.45) is 0. The maximum Gasteiger partial charge on any atom is 0.218 e. The number of carbonyl (C=O) groups excluding carboxylic acids is 5. The lowest BCUT2D eigenvalue weighted by molar-refractivity contribution is 0.102. The smallest absolute Gasteiger partial charge is 0.218 e. The first-order chi connectivity index (χ1) is 50.3. The van der Waals surface area contributed by atoms with Gasteiger partial charge < -0.3 is 28.4 Å². The van der Waals surface area contributed by atoms with E-state index in [0.717, 1.165) is 11.1 Å². The lowest BCUT2D eigenvalue weighted by Crippen LogP contribution is -2.05. The highest BCUT2D eigenvalue weighted by molar-refractivity contribution is 6.24. The number of benzene rings is 5. The second-order valence-corrected chi connectivity index (χ2v) is 21.6. The largest absolute Gasteiger partial charge is 0.496 e. The molecule has 0 unspecified atom stereocenters. The number of hydrogen-bond donors (Lipinski definition) is 0. The number of carbonyl (C=O) groups is 5. The van der Waals surface area contributed by atoms with Crippen LogP contribution in [0.25, 0.3) is 56.3 Å². The Bertz CT molecular complexity index is 6020. The molecule has 0 fully saturated rings. The first kappa shape index (κ1) is 68.9. The van der Waals surface area contributed by atoms with Crippen molar-refractivity contribution in [3.63, 3.8) is 0 Å². The lowest BCUT2D eigenvalue weighted by atomic mass is 10.0. The number of methoxy groups -OCH3 is 6. The van der Waals surface area contributed by atoms with Gasteiger partial charge in [0.1, 0.15) is 129 Å². The molecule has 104 heavy (non-hydrogen) atoms. The number of ether oxygens (including phenoxy) is 6. The third-order valence-electron chi connectivity index (χ3n) is 16.1. The zero-order valence-corrected chi connectivity index (χ0v) is 54.9. The summed E-state index contributed by atoms with van der Waals surface area (Å²) < 4.78 is 31.3. The quantitative estimate of drug-likeness (QED) is 0.153. The second kappa shape index (κ2) is 27.9. The van der Waals surface area contributed by atoms with Gasteiger partial charge in [-0.1, -0.05) is 35.9 Å². The first-order valence-corrected chi connectivity index (χ1v) is 29.6. The van der Waals surface area contributed by atoms with Crippen molar-refractivity contribution in [2.45, 2.75) is 13.8 Å². The van der Waals surface area contributed by atoms with Crippen LogP contribution in [0.2, 0.25) is 0 Å². The molecule has 5 aliphatic carbocycles. The molecule has 5 aromatic heterocycles. The van der Waals surface area contributed by atoms with E-state index >= 15 is 0 Å². The molecule has 0 aliphatic heterocycles. The molecule has 5 heterocycles. The monoisotopic (exact) mass is 1370 g/mol. The molecule has 0 radical (unpaired) electrons. The van der Waals surface area contributed by atoms with E-state index in [-0.39, 0.29) is 137 Å². The van der Waals surface area contributed by atoms with Crippen molar-refractivity contribution in [1.29, 1.82) is 52.6 Å². The summed E-state index contributed by atoms with van der Waals surface area (Å²) in [5, 5.41) is 89.9. The van der Waals surface area contributed by atoms with E-state index in [4.69, 9.17) is 81.0 Å². The van der Waals surface area contributed by atoms with Crippen molar-refractivity contribution in [3.8, 4) is 151 Å². The molecule has 31 nitrogen and oxygen atoms in total. The summed E-state index contributed by atoms with van der Waals surface area (Å²) in [5.74, 6) is 0.640. The number of fused-ring (bicyclic) bond motifs is 15. The number of hydrogen-bond acceptors (Lipinski definition) is 31. The van der Waals surface area contributed by atoms with E-state index < -0.39 is 11.6 Å². The number of aromatic nitrogens is 10. The normalized spacial score (nSPS) is 11.3. The Morgan fingerprint density at radius 1 is 0.260 bits per heavy atom. The van der Waals surface area contributed by atoms with E-state index in [9.17, 15) is 24.0 Å². The molecule has 0 saturated carbocycles. The first-order valence-electron chi connectivity index (χ1n) is 29.6. The number of nitrogens with zero attached hydrogens (tertiary/aromatic N) is 20. The maximum atomic E-state index is 12.6. The zero-order valence-electron chi connectivity index (χ0n) is 54.9. The van der Waals surface area contributed by atoms with Gasteiger partial charge in [0.2, 0.25) is 28.9 Å². The molecule has 0 bridgehead atoms. The summed E-state index contributed by atoms with van der Waals surface area (Å²) >= 11 is 0. The van der Waals surface area contributed by atoms with Crippen LogP contribution < -0.4 is 28.4 Å². The Morgan fingerprint density at radius 3 is 0.981 bits per heavy atom. The van der Waals surface area contributed by atoms with Gasteiger partial charge in [0, 0.05) is 38.9 Å². The SMILES string of the molecule is COc1cc2c(cc1OC)-c1nc(C#N)c(C#N)nc1C2=O.COc1ccc(OC)c2c1C(=O)c1nc(C#N)c(C#N)nc1-2.COc1ccc2c(c1OC)C(=O)c1nc(C#N)c(C#N)nc1-2.Cc1ccc2c(c1)-c1nc(C#N)c(C#N)nc1C2=O.Cc1cccc2c1C(=O)c1nc(C#N)c(C#N)nc1-2. The van der Waals surface area contributed by atoms with Gasteiger partial charge in [-0.2, -0.15) is 52.6 Å². The molecule has 31 heteroatoms. The molecule has 0 saturated heterocycles. The van der Waals surface area contributed by atoms with Gasteiger partial charge in [-0.3, -0.25) is 24.0 Å². The van der Waals surface area contributed by atoms with Crippen LogP contribution in [0.1, 0.15) is 148 Å². The van der Waals surface area contributed by atoms with Crippen molar-refractivity contribution in [2.24, 2.45) is 0 Å². The summed E-state index contributed by atoms with van der Waals surface area (Å²) in [7, 11) is 8.75. The number of aryl methyl sites for hydroxylation is 2. The molecule has 0 amide bonds. The summed E-state index contributed by atoms with van der Waals surface area (Å²) in [6.45, 7) is 3.74. The minimum Gasteiger partial charge on any atom is -0.496 e. The van der Waals surface area contributed by atoms with Crippen LogP contribution in [-0.4, -0.2) is 121 Å².